The third-order valence-corrected chi connectivity index (χ3v) is 4.68. The molecule has 2 aliphatic heterocycles. The van der Waals surface area contributed by atoms with Gasteiger partial charge in [0, 0.05) is 31.7 Å². The summed E-state index contributed by atoms with van der Waals surface area (Å²) < 4.78 is 0. The van der Waals surface area contributed by atoms with E-state index in [0.29, 0.717) is 31.6 Å². The minimum absolute atomic E-state index is 0.0556. The van der Waals surface area contributed by atoms with E-state index in [2.05, 4.69) is 5.32 Å². The Labute approximate surface area is 140 Å². The van der Waals surface area contributed by atoms with Crippen molar-refractivity contribution in [2.24, 2.45) is 0 Å². The van der Waals surface area contributed by atoms with Crippen LogP contribution in [0.25, 0.3) is 0 Å². The van der Waals surface area contributed by atoms with E-state index >= 15 is 0 Å². The largest absolute Gasteiger partial charge is 0.390 e. The highest BCUT2D eigenvalue weighted by atomic mass is 16.3. The van der Waals surface area contributed by atoms with Gasteiger partial charge in [-0.3, -0.25) is 14.5 Å². The molecule has 0 aliphatic carbocycles. The normalized spacial score (nSPS) is 28.5. The van der Waals surface area contributed by atoms with Gasteiger partial charge in [-0.2, -0.15) is 0 Å². The SMILES string of the molecule is O=C1CN(C[C@@]2(O)CN(C(=O)c3ccccc3)CC[C@@H]2O)CCN1. The van der Waals surface area contributed by atoms with Gasteiger partial charge in [0.2, 0.25) is 5.91 Å². The number of amides is 2. The Bertz CT molecular complexity index is 609. The van der Waals surface area contributed by atoms with E-state index in [-0.39, 0.29) is 31.4 Å². The van der Waals surface area contributed by atoms with Crippen LogP contribution in [0.5, 0.6) is 0 Å². The Morgan fingerprint density at radius 2 is 2.04 bits per heavy atom. The summed E-state index contributed by atoms with van der Waals surface area (Å²) in [5, 5.41) is 23.9. The van der Waals surface area contributed by atoms with Crippen LogP contribution in [0.4, 0.5) is 0 Å². The second-order valence-corrected chi connectivity index (χ2v) is 6.56. The van der Waals surface area contributed by atoms with Crippen molar-refractivity contribution in [2.75, 3.05) is 39.3 Å². The summed E-state index contributed by atoms with van der Waals surface area (Å²) in [6, 6.07) is 8.91. The van der Waals surface area contributed by atoms with Gasteiger partial charge < -0.3 is 20.4 Å². The summed E-state index contributed by atoms with van der Waals surface area (Å²) in [5.41, 5.74) is -0.867. The molecule has 0 spiro atoms. The van der Waals surface area contributed by atoms with E-state index in [1.165, 1.54) is 0 Å². The fourth-order valence-electron chi connectivity index (χ4n) is 3.37. The number of β-amino-alcohol motifs (C(OH)–C–C–N with tert-alkyl or cyclic N) is 1. The number of rotatable bonds is 3. The predicted molar refractivity (Wildman–Crippen MR) is 87.4 cm³/mol. The Morgan fingerprint density at radius 3 is 2.75 bits per heavy atom. The van der Waals surface area contributed by atoms with Gasteiger partial charge in [0.15, 0.2) is 0 Å². The van der Waals surface area contributed by atoms with Gasteiger partial charge >= 0.3 is 0 Å². The first-order valence-electron chi connectivity index (χ1n) is 8.22. The van der Waals surface area contributed by atoms with Crippen LogP contribution in [0.2, 0.25) is 0 Å². The summed E-state index contributed by atoms with van der Waals surface area (Å²) in [6.45, 7) is 1.96. The molecule has 1 aromatic carbocycles. The number of benzene rings is 1. The molecule has 7 heteroatoms. The van der Waals surface area contributed by atoms with Crippen molar-refractivity contribution in [1.82, 2.24) is 15.1 Å². The minimum atomic E-state index is -1.43. The van der Waals surface area contributed by atoms with Crippen LogP contribution < -0.4 is 5.32 Å². The number of carbonyl (C=O) groups is 2. The molecular weight excluding hydrogens is 310 g/mol. The molecule has 130 valence electrons. The number of aliphatic hydroxyl groups is 2. The third-order valence-electron chi connectivity index (χ3n) is 4.68. The summed E-state index contributed by atoms with van der Waals surface area (Å²) >= 11 is 0. The lowest BCUT2D eigenvalue weighted by atomic mass is 9.88. The number of piperazine rings is 1. The fourth-order valence-corrected chi connectivity index (χ4v) is 3.37. The van der Waals surface area contributed by atoms with Crippen molar-refractivity contribution in [3.8, 4) is 0 Å². The molecule has 2 fully saturated rings. The number of nitrogens with zero attached hydrogens (tertiary/aromatic N) is 2. The zero-order valence-electron chi connectivity index (χ0n) is 13.5. The van der Waals surface area contributed by atoms with Crippen molar-refractivity contribution in [3.05, 3.63) is 35.9 Å². The van der Waals surface area contributed by atoms with Gasteiger partial charge in [0.05, 0.1) is 19.2 Å². The van der Waals surface area contributed by atoms with Crippen LogP contribution in [0.1, 0.15) is 16.8 Å². The van der Waals surface area contributed by atoms with Crippen LogP contribution in [0.15, 0.2) is 30.3 Å². The van der Waals surface area contributed by atoms with Gasteiger partial charge in [0.1, 0.15) is 5.60 Å². The Kier molecular flexibility index (Phi) is 4.84. The molecule has 2 amide bonds. The second kappa shape index (κ2) is 6.88. The molecule has 2 saturated heterocycles. The van der Waals surface area contributed by atoms with E-state index in [1.54, 1.807) is 29.2 Å². The minimum Gasteiger partial charge on any atom is -0.390 e. The highest BCUT2D eigenvalue weighted by Crippen LogP contribution is 2.24. The lowest BCUT2D eigenvalue weighted by molar-refractivity contribution is -0.137. The first kappa shape index (κ1) is 16.9. The van der Waals surface area contributed by atoms with Crippen molar-refractivity contribution in [3.63, 3.8) is 0 Å². The lowest BCUT2D eigenvalue weighted by Gasteiger charge is -2.45. The summed E-state index contributed by atoms with van der Waals surface area (Å²) in [4.78, 5) is 27.5. The Hall–Kier alpha value is -1.96. The predicted octanol–water partition coefficient (Wildman–Crippen LogP) is -0.944. The molecule has 0 radical (unpaired) electrons. The van der Waals surface area contributed by atoms with E-state index < -0.39 is 11.7 Å². The monoisotopic (exact) mass is 333 g/mol. The fraction of sp³-hybridized carbons (Fsp3) is 0.529. The maximum Gasteiger partial charge on any atom is 0.253 e. The van der Waals surface area contributed by atoms with E-state index in [9.17, 15) is 19.8 Å². The maximum absolute atomic E-state index is 12.6. The highest BCUT2D eigenvalue weighted by Gasteiger charge is 2.44. The van der Waals surface area contributed by atoms with Crippen LogP contribution in [0.3, 0.4) is 0 Å². The molecule has 3 rings (SSSR count). The number of carbonyl (C=O) groups excluding carboxylic acids is 2. The van der Waals surface area contributed by atoms with E-state index in [4.69, 9.17) is 0 Å². The number of hydrogen-bond donors (Lipinski definition) is 3. The van der Waals surface area contributed by atoms with Crippen LogP contribution in [-0.2, 0) is 4.79 Å². The number of piperidine rings is 1. The van der Waals surface area contributed by atoms with E-state index in [1.807, 2.05) is 11.0 Å². The van der Waals surface area contributed by atoms with Gasteiger partial charge in [-0.25, -0.2) is 0 Å². The molecule has 7 nitrogen and oxygen atoms in total. The number of hydrogen-bond acceptors (Lipinski definition) is 5. The van der Waals surface area contributed by atoms with Crippen LogP contribution in [0, 0.1) is 0 Å². The lowest BCUT2D eigenvalue weighted by Crippen LogP contribution is -2.64. The van der Waals surface area contributed by atoms with Crippen molar-refractivity contribution in [2.45, 2.75) is 18.1 Å². The molecule has 0 aromatic heterocycles. The third kappa shape index (κ3) is 3.58. The Morgan fingerprint density at radius 1 is 1.29 bits per heavy atom. The smallest absolute Gasteiger partial charge is 0.253 e. The first-order valence-corrected chi connectivity index (χ1v) is 8.22. The molecule has 0 unspecified atom stereocenters. The molecule has 24 heavy (non-hydrogen) atoms. The average molecular weight is 333 g/mol. The number of nitrogens with one attached hydrogen (secondary N) is 1. The zero-order chi connectivity index (χ0) is 17.2. The highest BCUT2D eigenvalue weighted by molar-refractivity contribution is 5.94. The molecule has 1 aromatic rings. The number of aliphatic hydroxyl groups excluding tert-OH is 1. The van der Waals surface area contributed by atoms with Gasteiger partial charge in [0.25, 0.3) is 5.91 Å². The molecule has 0 bridgehead atoms. The maximum atomic E-state index is 12.6. The number of likely N-dealkylation sites (tertiary alicyclic amines) is 1. The summed E-state index contributed by atoms with van der Waals surface area (Å²) in [6.07, 6.45) is -0.600. The topological polar surface area (TPSA) is 93.1 Å². The molecule has 2 atom stereocenters. The summed E-state index contributed by atoms with van der Waals surface area (Å²) in [5.74, 6) is -0.246. The van der Waals surface area contributed by atoms with Gasteiger partial charge in [-0.05, 0) is 18.6 Å². The average Bonchev–Trinajstić information content (AvgIpc) is 2.57. The van der Waals surface area contributed by atoms with E-state index in [0.717, 1.165) is 0 Å². The molecule has 0 saturated carbocycles. The zero-order valence-corrected chi connectivity index (χ0v) is 13.5. The Balaban J connectivity index is 1.70. The van der Waals surface area contributed by atoms with Gasteiger partial charge in [-0.15, -0.1) is 0 Å². The standard InChI is InChI=1S/C17H23N3O4/c21-14-6-8-20(16(23)13-4-2-1-3-5-13)12-17(14,24)11-19-9-7-18-15(22)10-19/h1-5,14,21,24H,6-12H2,(H,18,22)/t14-,17+/m0/s1. The van der Waals surface area contributed by atoms with Gasteiger partial charge in [-0.1, -0.05) is 18.2 Å². The van der Waals surface area contributed by atoms with Crippen molar-refractivity contribution in [1.29, 1.82) is 0 Å². The van der Waals surface area contributed by atoms with Crippen molar-refractivity contribution >= 4 is 11.8 Å². The second-order valence-electron chi connectivity index (χ2n) is 6.56. The molecule has 2 heterocycles. The van der Waals surface area contributed by atoms with Crippen LogP contribution in [-0.4, -0.2) is 82.8 Å². The quantitative estimate of drug-likeness (QED) is 0.664. The molecular formula is C17H23N3O4. The molecule has 2 aliphatic rings. The molecule has 3 N–H and O–H groups in total. The van der Waals surface area contributed by atoms with Crippen LogP contribution >= 0.6 is 0 Å². The van der Waals surface area contributed by atoms with Crippen molar-refractivity contribution < 1.29 is 19.8 Å². The first-order chi connectivity index (χ1) is 11.5. The summed E-state index contributed by atoms with van der Waals surface area (Å²) in [7, 11) is 0.